The van der Waals surface area contributed by atoms with Crippen LogP contribution in [-0.4, -0.2) is 81.0 Å². The van der Waals surface area contributed by atoms with Crippen LogP contribution in [0.1, 0.15) is 23.7 Å². The van der Waals surface area contributed by atoms with E-state index in [4.69, 9.17) is 25.8 Å². The molecule has 3 rings (SSSR count). The van der Waals surface area contributed by atoms with Crippen molar-refractivity contribution in [2.45, 2.75) is 19.4 Å². The molecule has 1 aromatic carbocycles. The molecule has 0 saturated carbocycles. The van der Waals surface area contributed by atoms with Crippen molar-refractivity contribution in [1.29, 1.82) is 0 Å². The lowest BCUT2D eigenvalue weighted by Gasteiger charge is -2.31. The molecule has 2 saturated heterocycles. The number of hydrogen-bond acceptors (Lipinski definition) is 5. The zero-order chi connectivity index (χ0) is 18.4. The van der Waals surface area contributed by atoms with Crippen LogP contribution in [0.25, 0.3) is 0 Å². The molecule has 0 aliphatic carbocycles. The molecule has 144 valence electrons. The minimum Gasteiger partial charge on any atom is -0.492 e. The summed E-state index contributed by atoms with van der Waals surface area (Å²) < 4.78 is 16.8. The Bertz CT molecular complexity index is 607. The third kappa shape index (κ3) is 5.10. The van der Waals surface area contributed by atoms with Gasteiger partial charge in [-0.05, 0) is 31.5 Å². The van der Waals surface area contributed by atoms with Gasteiger partial charge in [0.15, 0.2) is 0 Å². The molecule has 2 fully saturated rings. The van der Waals surface area contributed by atoms with E-state index in [-0.39, 0.29) is 12.0 Å². The Hall–Kier alpha value is -1.34. The lowest BCUT2D eigenvalue weighted by atomic mass is 10.1. The fourth-order valence-electron chi connectivity index (χ4n) is 3.35. The molecule has 2 heterocycles. The highest BCUT2D eigenvalue weighted by Crippen LogP contribution is 2.26. The number of amides is 1. The van der Waals surface area contributed by atoms with Crippen molar-refractivity contribution in [3.05, 3.63) is 28.8 Å². The second-order valence-corrected chi connectivity index (χ2v) is 7.00. The molecule has 0 spiro atoms. The van der Waals surface area contributed by atoms with Crippen LogP contribution < -0.4 is 4.74 Å². The van der Waals surface area contributed by atoms with Gasteiger partial charge in [-0.15, -0.1) is 0 Å². The van der Waals surface area contributed by atoms with Crippen LogP contribution in [-0.2, 0) is 9.47 Å². The molecule has 2 aliphatic rings. The van der Waals surface area contributed by atoms with E-state index >= 15 is 0 Å². The predicted molar refractivity (Wildman–Crippen MR) is 100 cm³/mol. The summed E-state index contributed by atoms with van der Waals surface area (Å²) >= 11 is 6.24. The Labute approximate surface area is 159 Å². The first-order chi connectivity index (χ1) is 12.7. The van der Waals surface area contributed by atoms with Gasteiger partial charge in [-0.2, -0.15) is 0 Å². The van der Waals surface area contributed by atoms with Gasteiger partial charge in [0.1, 0.15) is 5.75 Å². The molecule has 1 atom stereocenters. The highest BCUT2D eigenvalue weighted by Gasteiger charge is 2.26. The molecule has 0 aromatic heterocycles. The van der Waals surface area contributed by atoms with Crippen molar-refractivity contribution in [3.8, 4) is 5.75 Å². The number of morpholine rings is 1. The number of nitrogens with zero attached hydrogens (tertiary/aromatic N) is 2. The Morgan fingerprint density at radius 2 is 2.08 bits per heavy atom. The lowest BCUT2D eigenvalue weighted by Crippen LogP contribution is -2.45. The fourth-order valence-corrected chi connectivity index (χ4v) is 3.59. The Morgan fingerprint density at radius 1 is 1.27 bits per heavy atom. The third-order valence-corrected chi connectivity index (χ3v) is 4.98. The normalized spacial score (nSPS) is 22.1. The van der Waals surface area contributed by atoms with Gasteiger partial charge in [0.05, 0.1) is 30.9 Å². The van der Waals surface area contributed by atoms with E-state index in [1.165, 1.54) is 0 Å². The fraction of sp³-hybridized carbons (Fsp3) is 0.632. The third-order valence-electron chi connectivity index (χ3n) is 4.68. The van der Waals surface area contributed by atoms with E-state index in [0.29, 0.717) is 42.6 Å². The molecule has 0 bridgehead atoms. The van der Waals surface area contributed by atoms with E-state index in [1.807, 2.05) is 11.8 Å². The number of carbonyl (C=O) groups excluding carboxylic acids is 1. The standard InChI is InChI=1S/C19H27ClN2O4/c1-2-25-18-5-4-15(12-17(18)20)19(23)22-6-3-9-26-16(14-22)13-21-7-10-24-11-8-21/h4-5,12,16H,2-3,6-11,13-14H2,1H3. The Morgan fingerprint density at radius 3 is 2.81 bits per heavy atom. The number of ether oxygens (including phenoxy) is 3. The molecule has 6 nitrogen and oxygen atoms in total. The average Bonchev–Trinajstić information content (AvgIpc) is 2.89. The van der Waals surface area contributed by atoms with E-state index in [1.54, 1.807) is 18.2 Å². The maximum Gasteiger partial charge on any atom is 0.253 e. The van der Waals surface area contributed by atoms with Crippen molar-refractivity contribution in [1.82, 2.24) is 9.80 Å². The van der Waals surface area contributed by atoms with Crippen molar-refractivity contribution >= 4 is 17.5 Å². The SMILES string of the molecule is CCOc1ccc(C(=O)N2CCCOC(CN3CCOCC3)C2)cc1Cl. The van der Waals surface area contributed by atoms with Gasteiger partial charge in [0.25, 0.3) is 5.91 Å². The highest BCUT2D eigenvalue weighted by atomic mass is 35.5. The summed E-state index contributed by atoms with van der Waals surface area (Å²) in [6.07, 6.45) is 0.869. The first-order valence-corrected chi connectivity index (χ1v) is 9.68. The molecule has 0 radical (unpaired) electrons. The average molecular weight is 383 g/mol. The molecule has 1 amide bonds. The van der Waals surface area contributed by atoms with Gasteiger partial charge in [0.2, 0.25) is 0 Å². The Balaban J connectivity index is 1.64. The number of rotatable bonds is 5. The van der Waals surface area contributed by atoms with Crippen molar-refractivity contribution in [2.24, 2.45) is 0 Å². The molecule has 2 aliphatic heterocycles. The van der Waals surface area contributed by atoms with Gasteiger partial charge in [-0.1, -0.05) is 11.6 Å². The number of carbonyl (C=O) groups is 1. The molecule has 1 unspecified atom stereocenters. The van der Waals surface area contributed by atoms with Gasteiger partial charge in [0, 0.05) is 44.9 Å². The van der Waals surface area contributed by atoms with Crippen LogP contribution in [0.5, 0.6) is 5.75 Å². The second kappa shape index (κ2) is 9.55. The summed E-state index contributed by atoms with van der Waals surface area (Å²) in [7, 11) is 0. The monoisotopic (exact) mass is 382 g/mol. The number of halogens is 1. The maximum absolute atomic E-state index is 12.9. The van der Waals surface area contributed by atoms with Crippen LogP contribution >= 0.6 is 11.6 Å². The summed E-state index contributed by atoms with van der Waals surface area (Å²) in [4.78, 5) is 17.2. The predicted octanol–water partition coefficient (Wildman–Crippen LogP) is 2.30. The minimum atomic E-state index is -0.00701. The van der Waals surface area contributed by atoms with Crippen LogP contribution in [0, 0.1) is 0 Å². The van der Waals surface area contributed by atoms with Crippen LogP contribution in [0.15, 0.2) is 18.2 Å². The highest BCUT2D eigenvalue weighted by molar-refractivity contribution is 6.32. The molecule has 7 heteroatoms. The van der Waals surface area contributed by atoms with Gasteiger partial charge in [-0.25, -0.2) is 0 Å². The summed E-state index contributed by atoms with van der Waals surface area (Å²) in [5.74, 6) is 0.600. The summed E-state index contributed by atoms with van der Waals surface area (Å²) in [5, 5.41) is 0.466. The molecule has 1 aromatic rings. The summed E-state index contributed by atoms with van der Waals surface area (Å²) in [5.41, 5.74) is 0.588. The van der Waals surface area contributed by atoms with Crippen LogP contribution in [0.4, 0.5) is 0 Å². The van der Waals surface area contributed by atoms with E-state index in [9.17, 15) is 4.79 Å². The maximum atomic E-state index is 12.9. The Kier molecular flexibility index (Phi) is 7.14. The quantitative estimate of drug-likeness (QED) is 0.782. The minimum absolute atomic E-state index is 0.00701. The van der Waals surface area contributed by atoms with Crippen LogP contribution in [0.2, 0.25) is 5.02 Å². The molecule has 0 N–H and O–H groups in total. The second-order valence-electron chi connectivity index (χ2n) is 6.59. The largest absolute Gasteiger partial charge is 0.492 e. The first-order valence-electron chi connectivity index (χ1n) is 9.30. The van der Waals surface area contributed by atoms with Crippen LogP contribution in [0.3, 0.4) is 0 Å². The van der Waals surface area contributed by atoms with Crippen molar-refractivity contribution in [3.63, 3.8) is 0 Å². The number of benzene rings is 1. The topological polar surface area (TPSA) is 51.2 Å². The molecular weight excluding hydrogens is 356 g/mol. The van der Waals surface area contributed by atoms with E-state index < -0.39 is 0 Å². The molecule has 26 heavy (non-hydrogen) atoms. The van der Waals surface area contributed by atoms with Gasteiger partial charge >= 0.3 is 0 Å². The summed E-state index contributed by atoms with van der Waals surface area (Å²) in [6.45, 7) is 8.62. The van der Waals surface area contributed by atoms with Gasteiger partial charge in [-0.3, -0.25) is 9.69 Å². The smallest absolute Gasteiger partial charge is 0.253 e. The zero-order valence-electron chi connectivity index (χ0n) is 15.3. The molecular formula is C19H27ClN2O4. The van der Waals surface area contributed by atoms with Gasteiger partial charge < -0.3 is 19.1 Å². The first kappa shape index (κ1) is 19.4. The zero-order valence-corrected chi connectivity index (χ0v) is 16.0. The van der Waals surface area contributed by atoms with Crippen molar-refractivity contribution in [2.75, 3.05) is 59.2 Å². The van der Waals surface area contributed by atoms with E-state index in [2.05, 4.69) is 4.90 Å². The van der Waals surface area contributed by atoms with E-state index in [0.717, 1.165) is 39.3 Å². The lowest BCUT2D eigenvalue weighted by molar-refractivity contribution is -0.0112. The van der Waals surface area contributed by atoms with Crippen molar-refractivity contribution < 1.29 is 19.0 Å². The number of hydrogen-bond donors (Lipinski definition) is 0. The summed E-state index contributed by atoms with van der Waals surface area (Å²) in [6, 6.07) is 5.23.